The molecule has 0 radical (unpaired) electrons. The average Bonchev–Trinajstić information content (AvgIpc) is 2.55. The number of carbonyl (C=O) groups is 2. The van der Waals surface area contributed by atoms with Gasteiger partial charge in [0.2, 0.25) is 0 Å². The molecule has 0 atom stereocenters. The van der Waals surface area contributed by atoms with Gasteiger partial charge in [0.05, 0.1) is 6.61 Å². The lowest BCUT2D eigenvalue weighted by Crippen LogP contribution is -2.46. The van der Waals surface area contributed by atoms with Crippen LogP contribution in [0.4, 0.5) is 4.79 Å². The van der Waals surface area contributed by atoms with Crippen LogP contribution < -0.4 is 5.32 Å². The van der Waals surface area contributed by atoms with Crippen LogP contribution in [-0.4, -0.2) is 42.6 Å². The van der Waals surface area contributed by atoms with Crippen LogP contribution in [0, 0.1) is 0 Å². The lowest BCUT2D eigenvalue weighted by molar-refractivity contribution is 0.0860. The van der Waals surface area contributed by atoms with Crippen molar-refractivity contribution >= 4 is 12.0 Å². The van der Waals surface area contributed by atoms with E-state index in [2.05, 4.69) is 12.2 Å². The summed E-state index contributed by atoms with van der Waals surface area (Å²) in [4.78, 5) is 25.5. The summed E-state index contributed by atoms with van der Waals surface area (Å²) >= 11 is 0. The van der Waals surface area contributed by atoms with E-state index < -0.39 is 0 Å². The normalized spacial score (nSPS) is 15.5. The second kappa shape index (κ2) is 7.82. The smallest absolute Gasteiger partial charge is 0.409 e. The number of likely N-dealkylation sites (tertiary alicyclic amines) is 1. The standard InChI is InChI=1S/C17H24N2O3/c1-3-13-5-7-14(8-6-13)16(20)18-15-9-11-19(12-10-15)17(21)22-4-2/h5-8,15H,3-4,9-12H2,1-2H3,(H,18,20). The van der Waals surface area contributed by atoms with E-state index in [1.165, 1.54) is 5.56 Å². The molecule has 0 bridgehead atoms. The van der Waals surface area contributed by atoms with Gasteiger partial charge in [-0.15, -0.1) is 0 Å². The van der Waals surface area contributed by atoms with Crippen LogP contribution in [0.15, 0.2) is 24.3 Å². The summed E-state index contributed by atoms with van der Waals surface area (Å²) < 4.78 is 4.99. The largest absolute Gasteiger partial charge is 0.450 e. The van der Waals surface area contributed by atoms with Crippen molar-refractivity contribution < 1.29 is 14.3 Å². The molecule has 1 aromatic rings. The maximum absolute atomic E-state index is 12.2. The topological polar surface area (TPSA) is 58.6 Å². The van der Waals surface area contributed by atoms with Gasteiger partial charge in [0.25, 0.3) is 5.91 Å². The molecule has 0 aromatic heterocycles. The van der Waals surface area contributed by atoms with E-state index in [1.807, 2.05) is 24.3 Å². The van der Waals surface area contributed by atoms with Crippen molar-refractivity contribution in [3.05, 3.63) is 35.4 Å². The molecule has 2 amide bonds. The fraction of sp³-hybridized carbons (Fsp3) is 0.529. The minimum absolute atomic E-state index is 0.0442. The first-order valence-corrected chi connectivity index (χ1v) is 7.95. The van der Waals surface area contributed by atoms with Gasteiger partial charge < -0.3 is 15.0 Å². The SMILES string of the molecule is CCOC(=O)N1CCC(NC(=O)c2ccc(CC)cc2)CC1. The summed E-state index contributed by atoms with van der Waals surface area (Å²) in [6.07, 6.45) is 2.23. The lowest BCUT2D eigenvalue weighted by atomic mass is 10.0. The summed E-state index contributed by atoms with van der Waals surface area (Å²) in [5, 5.41) is 3.05. The van der Waals surface area contributed by atoms with Gasteiger partial charge in [0.1, 0.15) is 0 Å². The van der Waals surface area contributed by atoms with E-state index >= 15 is 0 Å². The molecular formula is C17H24N2O3. The van der Waals surface area contributed by atoms with Gasteiger partial charge >= 0.3 is 6.09 Å². The molecular weight excluding hydrogens is 280 g/mol. The van der Waals surface area contributed by atoms with Gasteiger partial charge in [-0.1, -0.05) is 19.1 Å². The lowest BCUT2D eigenvalue weighted by Gasteiger charge is -2.31. The number of amides is 2. The van der Waals surface area contributed by atoms with Gasteiger partial charge in [-0.2, -0.15) is 0 Å². The van der Waals surface area contributed by atoms with Crippen LogP contribution in [0.1, 0.15) is 42.6 Å². The highest BCUT2D eigenvalue weighted by Gasteiger charge is 2.24. The molecule has 0 aliphatic carbocycles. The molecule has 5 nitrogen and oxygen atoms in total. The second-order valence-electron chi connectivity index (χ2n) is 5.48. The molecule has 1 heterocycles. The third kappa shape index (κ3) is 4.23. The van der Waals surface area contributed by atoms with Gasteiger partial charge in [0, 0.05) is 24.7 Å². The molecule has 1 aliphatic heterocycles. The summed E-state index contributed by atoms with van der Waals surface area (Å²) in [5.74, 6) is -0.0442. The fourth-order valence-corrected chi connectivity index (χ4v) is 2.58. The van der Waals surface area contributed by atoms with Crippen LogP contribution >= 0.6 is 0 Å². The number of hydrogen-bond donors (Lipinski definition) is 1. The zero-order valence-corrected chi connectivity index (χ0v) is 13.3. The molecule has 1 saturated heterocycles. The monoisotopic (exact) mass is 304 g/mol. The summed E-state index contributed by atoms with van der Waals surface area (Å²) in [5.41, 5.74) is 1.91. The number of benzene rings is 1. The Morgan fingerprint density at radius 1 is 1.18 bits per heavy atom. The van der Waals surface area contributed by atoms with Crippen molar-refractivity contribution in [2.45, 2.75) is 39.2 Å². The summed E-state index contributed by atoms with van der Waals surface area (Å²) in [6, 6.07) is 7.81. The van der Waals surface area contributed by atoms with Crippen LogP contribution in [0.25, 0.3) is 0 Å². The van der Waals surface area contributed by atoms with E-state index in [4.69, 9.17) is 4.74 Å². The Hall–Kier alpha value is -2.04. The summed E-state index contributed by atoms with van der Waals surface area (Å²) in [6.45, 7) is 5.53. The van der Waals surface area contributed by atoms with Gasteiger partial charge in [-0.05, 0) is 43.9 Å². The fourth-order valence-electron chi connectivity index (χ4n) is 2.58. The van der Waals surface area contributed by atoms with Crippen molar-refractivity contribution in [1.82, 2.24) is 10.2 Å². The molecule has 1 fully saturated rings. The Bertz CT molecular complexity index is 505. The maximum atomic E-state index is 12.2. The number of piperidine rings is 1. The zero-order chi connectivity index (χ0) is 15.9. The van der Waals surface area contributed by atoms with Crippen molar-refractivity contribution in [1.29, 1.82) is 0 Å². The van der Waals surface area contributed by atoms with E-state index in [0.717, 1.165) is 19.3 Å². The number of nitrogens with one attached hydrogen (secondary N) is 1. The first kappa shape index (κ1) is 16.3. The van der Waals surface area contributed by atoms with E-state index in [-0.39, 0.29) is 18.0 Å². The van der Waals surface area contributed by atoms with Crippen LogP contribution in [-0.2, 0) is 11.2 Å². The first-order chi connectivity index (χ1) is 10.6. The number of hydrogen-bond acceptors (Lipinski definition) is 3. The van der Waals surface area contributed by atoms with Gasteiger partial charge in [-0.25, -0.2) is 4.79 Å². The molecule has 5 heteroatoms. The Balaban J connectivity index is 1.82. The van der Waals surface area contributed by atoms with Gasteiger partial charge in [-0.3, -0.25) is 4.79 Å². The van der Waals surface area contributed by atoms with Crippen LogP contribution in [0.3, 0.4) is 0 Å². The molecule has 2 rings (SSSR count). The Labute approximate surface area is 131 Å². The van der Waals surface area contributed by atoms with E-state index in [0.29, 0.717) is 25.3 Å². The Morgan fingerprint density at radius 2 is 1.82 bits per heavy atom. The third-order valence-corrected chi connectivity index (χ3v) is 3.98. The quantitative estimate of drug-likeness (QED) is 0.930. The minimum Gasteiger partial charge on any atom is -0.450 e. The number of aryl methyl sites for hydroxylation is 1. The zero-order valence-electron chi connectivity index (χ0n) is 13.3. The van der Waals surface area contributed by atoms with Crippen molar-refractivity contribution in [2.24, 2.45) is 0 Å². The number of nitrogens with zero attached hydrogens (tertiary/aromatic N) is 1. The molecule has 0 unspecified atom stereocenters. The second-order valence-corrected chi connectivity index (χ2v) is 5.48. The highest BCUT2D eigenvalue weighted by atomic mass is 16.6. The van der Waals surface area contributed by atoms with Gasteiger partial charge in [0.15, 0.2) is 0 Å². The number of carbonyl (C=O) groups excluding carboxylic acids is 2. The molecule has 0 saturated carbocycles. The summed E-state index contributed by atoms with van der Waals surface area (Å²) in [7, 11) is 0. The third-order valence-electron chi connectivity index (χ3n) is 3.98. The van der Waals surface area contributed by atoms with Crippen molar-refractivity contribution in [2.75, 3.05) is 19.7 Å². The van der Waals surface area contributed by atoms with E-state index in [1.54, 1.807) is 11.8 Å². The molecule has 120 valence electrons. The predicted molar refractivity (Wildman–Crippen MR) is 84.9 cm³/mol. The molecule has 1 N–H and O–H groups in total. The number of ether oxygens (including phenoxy) is 1. The van der Waals surface area contributed by atoms with E-state index in [9.17, 15) is 9.59 Å². The molecule has 0 spiro atoms. The highest BCUT2D eigenvalue weighted by molar-refractivity contribution is 5.94. The van der Waals surface area contributed by atoms with Crippen molar-refractivity contribution in [3.63, 3.8) is 0 Å². The Morgan fingerprint density at radius 3 is 2.36 bits per heavy atom. The Kier molecular flexibility index (Phi) is 5.81. The molecule has 1 aliphatic rings. The average molecular weight is 304 g/mol. The van der Waals surface area contributed by atoms with Crippen molar-refractivity contribution in [3.8, 4) is 0 Å². The van der Waals surface area contributed by atoms with Crippen LogP contribution in [0.5, 0.6) is 0 Å². The minimum atomic E-state index is -0.262. The highest BCUT2D eigenvalue weighted by Crippen LogP contribution is 2.13. The molecule has 22 heavy (non-hydrogen) atoms. The maximum Gasteiger partial charge on any atom is 0.409 e. The predicted octanol–water partition coefficient (Wildman–Crippen LogP) is 2.60. The first-order valence-electron chi connectivity index (χ1n) is 7.95. The number of rotatable bonds is 4. The molecule has 1 aromatic carbocycles. The van der Waals surface area contributed by atoms with Crippen LogP contribution in [0.2, 0.25) is 0 Å².